The molecule has 0 saturated carbocycles. The molecule has 0 spiro atoms. The van der Waals surface area contributed by atoms with Gasteiger partial charge in [0.25, 0.3) is 0 Å². The van der Waals surface area contributed by atoms with Gasteiger partial charge in [0.05, 0.1) is 5.52 Å². The number of hydrogen-bond donors (Lipinski definition) is 1. The predicted octanol–water partition coefficient (Wildman–Crippen LogP) is 2.07. The Morgan fingerprint density at radius 2 is 2.23 bits per heavy atom. The molecule has 1 aromatic heterocycles. The number of nitrogens with zero attached hydrogens (tertiary/aromatic N) is 1. The third kappa shape index (κ3) is 1.22. The summed E-state index contributed by atoms with van der Waals surface area (Å²) in [5.74, 6) is 0.0856. The van der Waals surface area contributed by atoms with Crippen LogP contribution in [0.5, 0.6) is 0 Å². The number of rotatable bonds is 1. The number of hydrogen-bond acceptors (Lipinski definition) is 2. The lowest BCUT2D eigenvalue weighted by Gasteiger charge is -1.94. The topological polar surface area (TPSA) is 45.8 Å². The average Bonchev–Trinajstić information content (AvgIpc) is 2.47. The van der Waals surface area contributed by atoms with Gasteiger partial charge in [-0.2, -0.15) is 5.10 Å². The molecule has 0 radical (unpaired) electrons. The van der Waals surface area contributed by atoms with Gasteiger partial charge in [0.15, 0.2) is 5.78 Å². The number of aromatic amines is 1. The number of ketones is 1. The molecule has 1 aromatic carbocycles. The van der Waals surface area contributed by atoms with Gasteiger partial charge in [-0.05, 0) is 32.0 Å². The standard InChI is InChI=1S/C10H10N2O/c1-6-9-5-8(7(2)13)3-4-10(9)12-11-6/h3-5H,1-2H3,(H,11,12). The summed E-state index contributed by atoms with van der Waals surface area (Å²) in [4.78, 5) is 11.1. The molecule has 3 heteroatoms. The predicted molar refractivity (Wildman–Crippen MR) is 50.8 cm³/mol. The Bertz CT molecular complexity index is 471. The monoisotopic (exact) mass is 174 g/mol. The fourth-order valence-electron chi connectivity index (χ4n) is 1.36. The van der Waals surface area contributed by atoms with Crippen molar-refractivity contribution >= 4 is 16.7 Å². The van der Waals surface area contributed by atoms with Crippen molar-refractivity contribution in [2.24, 2.45) is 0 Å². The van der Waals surface area contributed by atoms with Gasteiger partial charge in [0, 0.05) is 16.6 Å². The summed E-state index contributed by atoms with van der Waals surface area (Å²) in [7, 11) is 0. The van der Waals surface area contributed by atoms with E-state index < -0.39 is 0 Å². The lowest BCUT2D eigenvalue weighted by Crippen LogP contribution is -1.90. The van der Waals surface area contributed by atoms with Crippen LogP contribution in [-0.2, 0) is 0 Å². The molecule has 0 bridgehead atoms. The van der Waals surface area contributed by atoms with Crippen molar-refractivity contribution in [3.63, 3.8) is 0 Å². The minimum Gasteiger partial charge on any atom is -0.295 e. The molecule has 3 nitrogen and oxygen atoms in total. The molecule has 0 amide bonds. The number of H-pyrrole nitrogens is 1. The summed E-state index contributed by atoms with van der Waals surface area (Å²) in [6, 6.07) is 5.52. The molecule has 0 fully saturated rings. The molecule has 0 atom stereocenters. The lowest BCUT2D eigenvalue weighted by molar-refractivity contribution is 0.101. The van der Waals surface area contributed by atoms with E-state index in [1.807, 2.05) is 19.1 Å². The summed E-state index contributed by atoms with van der Waals surface area (Å²) in [5.41, 5.74) is 2.64. The van der Waals surface area contributed by atoms with Gasteiger partial charge in [-0.1, -0.05) is 0 Å². The first-order chi connectivity index (χ1) is 6.18. The summed E-state index contributed by atoms with van der Waals surface area (Å²) >= 11 is 0. The maximum atomic E-state index is 11.1. The molecule has 0 aliphatic heterocycles. The minimum atomic E-state index is 0.0856. The van der Waals surface area contributed by atoms with Crippen LogP contribution in [0, 0.1) is 6.92 Å². The van der Waals surface area contributed by atoms with E-state index in [2.05, 4.69) is 10.2 Å². The van der Waals surface area contributed by atoms with E-state index in [-0.39, 0.29) is 5.78 Å². The van der Waals surface area contributed by atoms with E-state index in [1.165, 1.54) is 0 Å². The van der Waals surface area contributed by atoms with Crippen LogP contribution in [0.4, 0.5) is 0 Å². The van der Waals surface area contributed by atoms with Crippen molar-refractivity contribution in [3.8, 4) is 0 Å². The van der Waals surface area contributed by atoms with Crippen molar-refractivity contribution in [3.05, 3.63) is 29.5 Å². The summed E-state index contributed by atoms with van der Waals surface area (Å²) < 4.78 is 0. The fourth-order valence-corrected chi connectivity index (χ4v) is 1.36. The van der Waals surface area contributed by atoms with Gasteiger partial charge in [0.1, 0.15) is 0 Å². The second-order valence-corrected chi connectivity index (χ2v) is 3.14. The third-order valence-electron chi connectivity index (χ3n) is 2.15. The van der Waals surface area contributed by atoms with Crippen molar-refractivity contribution in [1.29, 1.82) is 0 Å². The zero-order chi connectivity index (χ0) is 9.42. The Labute approximate surface area is 75.8 Å². The van der Waals surface area contributed by atoms with Crippen LogP contribution in [0.2, 0.25) is 0 Å². The molecule has 0 aliphatic carbocycles. The number of nitrogens with one attached hydrogen (secondary N) is 1. The van der Waals surface area contributed by atoms with E-state index in [0.717, 1.165) is 22.2 Å². The van der Waals surface area contributed by atoms with Gasteiger partial charge in [-0.25, -0.2) is 0 Å². The second kappa shape index (κ2) is 2.69. The highest BCUT2D eigenvalue weighted by molar-refractivity contribution is 5.98. The van der Waals surface area contributed by atoms with E-state index in [1.54, 1.807) is 13.0 Å². The van der Waals surface area contributed by atoms with Gasteiger partial charge in [0.2, 0.25) is 0 Å². The van der Waals surface area contributed by atoms with E-state index >= 15 is 0 Å². The van der Waals surface area contributed by atoms with Crippen molar-refractivity contribution in [1.82, 2.24) is 10.2 Å². The Kier molecular flexibility index (Phi) is 1.65. The molecule has 2 rings (SSSR count). The first-order valence-corrected chi connectivity index (χ1v) is 4.14. The maximum absolute atomic E-state index is 11.1. The molecule has 1 N–H and O–H groups in total. The number of aromatic nitrogens is 2. The fraction of sp³-hybridized carbons (Fsp3) is 0.200. The molecular weight excluding hydrogens is 164 g/mol. The third-order valence-corrected chi connectivity index (χ3v) is 2.15. The molecule has 2 aromatic rings. The number of fused-ring (bicyclic) bond motifs is 1. The summed E-state index contributed by atoms with van der Waals surface area (Å²) in [6.07, 6.45) is 0. The highest BCUT2D eigenvalue weighted by Crippen LogP contribution is 2.16. The zero-order valence-corrected chi connectivity index (χ0v) is 7.59. The summed E-state index contributed by atoms with van der Waals surface area (Å²) in [6.45, 7) is 3.51. The number of carbonyl (C=O) groups excluding carboxylic acids is 1. The Hall–Kier alpha value is -1.64. The van der Waals surface area contributed by atoms with Crippen LogP contribution in [0.3, 0.4) is 0 Å². The number of carbonyl (C=O) groups is 1. The normalized spacial score (nSPS) is 10.6. The minimum absolute atomic E-state index is 0.0856. The van der Waals surface area contributed by atoms with Gasteiger partial charge in [-0.3, -0.25) is 9.89 Å². The molecule has 66 valence electrons. The van der Waals surface area contributed by atoms with Crippen LogP contribution >= 0.6 is 0 Å². The lowest BCUT2D eigenvalue weighted by atomic mass is 10.1. The summed E-state index contributed by atoms with van der Waals surface area (Å²) in [5, 5.41) is 7.98. The van der Waals surface area contributed by atoms with Crippen molar-refractivity contribution in [2.75, 3.05) is 0 Å². The Morgan fingerprint density at radius 3 is 2.92 bits per heavy atom. The number of aryl methyl sites for hydroxylation is 1. The number of benzene rings is 1. The van der Waals surface area contributed by atoms with Crippen molar-refractivity contribution < 1.29 is 4.79 Å². The molecule has 13 heavy (non-hydrogen) atoms. The highest BCUT2D eigenvalue weighted by Gasteiger charge is 2.04. The first-order valence-electron chi connectivity index (χ1n) is 4.14. The van der Waals surface area contributed by atoms with Gasteiger partial charge < -0.3 is 0 Å². The van der Waals surface area contributed by atoms with Crippen LogP contribution < -0.4 is 0 Å². The van der Waals surface area contributed by atoms with Crippen LogP contribution in [-0.4, -0.2) is 16.0 Å². The van der Waals surface area contributed by atoms with Crippen LogP contribution in [0.1, 0.15) is 23.0 Å². The molecule has 0 saturated heterocycles. The molecule has 1 heterocycles. The maximum Gasteiger partial charge on any atom is 0.159 e. The first kappa shape index (κ1) is 7.98. The highest BCUT2D eigenvalue weighted by atomic mass is 16.1. The van der Waals surface area contributed by atoms with E-state index in [4.69, 9.17) is 0 Å². The van der Waals surface area contributed by atoms with E-state index in [9.17, 15) is 4.79 Å². The van der Waals surface area contributed by atoms with Crippen LogP contribution in [0.25, 0.3) is 10.9 Å². The molecule has 0 unspecified atom stereocenters. The SMILES string of the molecule is CC(=O)c1ccc2n[nH]c(C)c2c1. The average molecular weight is 174 g/mol. The largest absolute Gasteiger partial charge is 0.295 e. The molecule has 0 aliphatic rings. The molecular formula is C10H10N2O. The smallest absolute Gasteiger partial charge is 0.159 e. The van der Waals surface area contributed by atoms with Gasteiger partial charge in [-0.15, -0.1) is 0 Å². The second-order valence-electron chi connectivity index (χ2n) is 3.14. The Balaban J connectivity index is 2.72. The van der Waals surface area contributed by atoms with E-state index in [0.29, 0.717) is 0 Å². The Morgan fingerprint density at radius 1 is 1.46 bits per heavy atom. The number of Topliss-reactive ketones (excluding diaryl/α,β-unsaturated/α-hetero) is 1. The zero-order valence-electron chi connectivity index (χ0n) is 7.59. The van der Waals surface area contributed by atoms with Crippen LogP contribution in [0.15, 0.2) is 18.2 Å². The quantitative estimate of drug-likeness (QED) is 0.673. The van der Waals surface area contributed by atoms with Crippen molar-refractivity contribution in [2.45, 2.75) is 13.8 Å². The van der Waals surface area contributed by atoms with Gasteiger partial charge >= 0.3 is 0 Å².